The first kappa shape index (κ1) is 26.2. The fourth-order valence-corrected chi connectivity index (χ4v) is 6.91. The van der Waals surface area contributed by atoms with Gasteiger partial charge in [0.15, 0.2) is 5.82 Å². The van der Waals surface area contributed by atoms with Crippen molar-refractivity contribution in [2.75, 3.05) is 48.3 Å². The number of carbonyl (C=O) groups is 1. The summed E-state index contributed by atoms with van der Waals surface area (Å²) < 4.78 is 6.01. The summed E-state index contributed by atoms with van der Waals surface area (Å²) in [5.74, 6) is 2.99. The van der Waals surface area contributed by atoms with Crippen LogP contribution in [0.15, 0.2) is 18.3 Å². The monoisotopic (exact) mass is 528 g/mol. The van der Waals surface area contributed by atoms with Crippen molar-refractivity contribution < 1.29 is 9.53 Å². The zero-order valence-electron chi connectivity index (χ0n) is 22.2. The first-order valence-corrected chi connectivity index (χ1v) is 14.5. The first-order valence-electron chi connectivity index (χ1n) is 13.7. The van der Waals surface area contributed by atoms with Gasteiger partial charge in [-0.3, -0.25) is 9.69 Å². The van der Waals surface area contributed by atoms with Crippen LogP contribution in [0.4, 0.5) is 16.1 Å². The predicted octanol–water partition coefficient (Wildman–Crippen LogP) is 3.51. The van der Waals surface area contributed by atoms with E-state index in [9.17, 15) is 4.79 Å². The van der Waals surface area contributed by atoms with Gasteiger partial charge < -0.3 is 20.3 Å². The fourth-order valence-electron chi connectivity index (χ4n) is 6.17. The summed E-state index contributed by atoms with van der Waals surface area (Å²) in [6, 6.07) is 4.71. The second-order valence-corrected chi connectivity index (χ2v) is 12.2. The zero-order valence-corrected chi connectivity index (χ0v) is 23.0. The lowest BCUT2D eigenvalue weighted by molar-refractivity contribution is -0.122. The van der Waals surface area contributed by atoms with E-state index in [0.29, 0.717) is 35.3 Å². The van der Waals surface area contributed by atoms with Crippen molar-refractivity contribution in [3.8, 4) is 0 Å². The Morgan fingerprint density at radius 1 is 1.16 bits per heavy atom. The van der Waals surface area contributed by atoms with Crippen LogP contribution in [0.25, 0.3) is 0 Å². The molecule has 0 radical (unpaired) electrons. The normalized spacial score (nSPS) is 29.0. The molecule has 0 bridgehead atoms. The minimum absolute atomic E-state index is 0.0679. The first-order chi connectivity index (χ1) is 17.9. The number of amides is 1. The molecule has 1 aliphatic carbocycles. The lowest BCUT2D eigenvalue weighted by Gasteiger charge is -2.46. The second kappa shape index (κ2) is 12.0. The fraction of sp³-hybridized carbons (Fsp3) is 0.731. The maximum Gasteiger partial charge on any atom is 0.228 e. The van der Waals surface area contributed by atoms with Crippen LogP contribution in [0.5, 0.6) is 0 Å². The summed E-state index contributed by atoms with van der Waals surface area (Å²) in [6.45, 7) is 11.3. The van der Waals surface area contributed by atoms with Crippen LogP contribution in [0.1, 0.15) is 52.9 Å². The van der Waals surface area contributed by atoms with Gasteiger partial charge in [-0.15, -0.1) is 15.3 Å². The van der Waals surface area contributed by atoms with Crippen LogP contribution in [0.3, 0.4) is 0 Å². The van der Waals surface area contributed by atoms with Gasteiger partial charge in [0.2, 0.25) is 16.2 Å². The Morgan fingerprint density at radius 3 is 2.84 bits per heavy atom. The average Bonchev–Trinajstić information content (AvgIpc) is 3.54. The van der Waals surface area contributed by atoms with E-state index in [1.54, 1.807) is 6.20 Å². The maximum absolute atomic E-state index is 12.8. The molecule has 5 atom stereocenters. The van der Waals surface area contributed by atoms with E-state index in [1.165, 1.54) is 30.6 Å². The molecule has 37 heavy (non-hydrogen) atoms. The Kier molecular flexibility index (Phi) is 8.51. The molecule has 10 nitrogen and oxygen atoms in total. The van der Waals surface area contributed by atoms with Gasteiger partial charge in [0.05, 0.1) is 19.1 Å². The molecule has 2 aromatic heterocycles. The predicted molar refractivity (Wildman–Crippen MR) is 146 cm³/mol. The van der Waals surface area contributed by atoms with Crippen molar-refractivity contribution in [2.24, 2.45) is 17.8 Å². The molecule has 3 aliphatic rings. The number of carbonyl (C=O) groups excluding carboxylic acids is 1. The minimum Gasteiger partial charge on any atom is -0.375 e. The van der Waals surface area contributed by atoms with Crippen molar-refractivity contribution in [3.05, 3.63) is 18.3 Å². The third-order valence-corrected chi connectivity index (χ3v) is 8.88. The van der Waals surface area contributed by atoms with Gasteiger partial charge in [0.25, 0.3) is 0 Å². The number of rotatable bonds is 8. The molecule has 0 spiro atoms. The number of nitrogens with zero attached hydrogens (tertiary/aromatic N) is 6. The standard InChI is InChI=1S/C26H40N8O2S/c1-17(2)21-7-6-18(3)13-22(21)33-11-12-36-20(16-33)14-24(35)29-26-32-31-25(37-26)28-19-8-10-34(15-19)23-5-4-9-27-30-23/h4-5,9,17-22H,6-8,10-16H2,1-3H3,(H,28,31)(H,29,32,35)/t18-,19-,20-,21+,22+/m1/s1. The van der Waals surface area contributed by atoms with Gasteiger partial charge in [-0.2, -0.15) is 5.10 Å². The van der Waals surface area contributed by atoms with Crippen LogP contribution in [-0.4, -0.2) is 82.2 Å². The molecule has 202 valence electrons. The maximum atomic E-state index is 12.8. The highest BCUT2D eigenvalue weighted by molar-refractivity contribution is 7.19. The van der Waals surface area contributed by atoms with Gasteiger partial charge in [-0.1, -0.05) is 38.5 Å². The van der Waals surface area contributed by atoms with Gasteiger partial charge in [-0.25, -0.2) is 0 Å². The topological polar surface area (TPSA) is 108 Å². The van der Waals surface area contributed by atoms with E-state index in [-0.39, 0.29) is 18.1 Å². The molecule has 2 aromatic rings. The van der Waals surface area contributed by atoms with E-state index >= 15 is 0 Å². The molecule has 2 saturated heterocycles. The largest absolute Gasteiger partial charge is 0.375 e. The molecule has 2 N–H and O–H groups in total. The summed E-state index contributed by atoms with van der Waals surface area (Å²) in [7, 11) is 0. The lowest BCUT2D eigenvalue weighted by Crippen LogP contribution is -2.53. The molecule has 3 fully saturated rings. The smallest absolute Gasteiger partial charge is 0.228 e. The molecule has 0 unspecified atom stereocenters. The molecular formula is C26H40N8O2S. The van der Waals surface area contributed by atoms with Crippen LogP contribution >= 0.6 is 11.3 Å². The summed E-state index contributed by atoms with van der Waals surface area (Å²) in [4.78, 5) is 17.6. The van der Waals surface area contributed by atoms with Crippen molar-refractivity contribution in [1.82, 2.24) is 25.3 Å². The van der Waals surface area contributed by atoms with E-state index < -0.39 is 0 Å². The Balaban J connectivity index is 1.09. The lowest BCUT2D eigenvalue weighted by atomic mass is 9.73. The molecule has 1 amide bonds. The van der Waals surface area contributed by atoms with Crippen LogP contribution in [0.2, 0.25) is 0 Å². The Bertz CT molecular complexity index is 1020. The van der Waals surface area contributed by atoms with E-state index in [4.69, 9.17) is 4.74 Å². The Hall–Kier alpha value is -2.37. The van der Waals surface area contributed by atoms with E-state index in [2.05, 4.69) is 61.6 Å². The van der Waals surface area contributed by atoms with Gasteiger partial charge in [0, 0.05) is 44.5 Å². The second-order valence-electron chi connectivity index (χ2n) is 11.2. The Morgan fingerprint density at radius 2 is 2.03 bits per heavy atom. The highest BCUT2D eigenvalue weighted by Crippen LogP contribution is 2.37. The van der Waals surface area contributed by atoms with Crippen LogP contribution < -0.4 is 15.5 Å². The summed E-state index contributed by atoms with van der Waals surface area (Å²) in [6.07, 6.45) is 6.79. The number of nitrogens with one attached hydrogen (secondary N) is 2. The number of morpholine rings is 1. The summed E-state index contributed by atoms with van der Waals surface area (Å²) >= 11 is 1.37. The molecule has 1 saturated carbocycles. The van der Waals surface area contributed by atoms with Crippen molar-refractivity contribution >= 4 is 33.3 Å². The van der Waals surface area contributed by atoms with Crippen molar-refractivity contribution in [1.29, 1.82) is 0 Å². The molecule has 11 heteroatoms. The summed E-state index contributed by atoms with van der Waals surface area (Å²) in [5.41, 5.74) is 0. The Labute approximate surface area is 223 Å². The van der Waals surface area contributed by atoms with E-state index in [1.807, 2.05) is 12.1 Å². The number of anilines is 3. The number of hydrogen-bond acceptors (Lipinski definition) is 10. The zero-order chi connectivity index (χ0) is 25.8. The molecular weight excluding hydrogens is 488 g/mol. The quantitative estimate of drug-likeness (QED) is 0.532. The molecule has 4 heterocycles. The van der Waals surface area contributed by atoms with Gasteiger partial charge in [-0.05, 0) is 49.1 Å². The average molecular weight is 529 g/mol. The molecule has 0 aromatic carbocycles. The van der Waals surface area contributed by atoms with Crippen LogP contribution in [-0.2, 0) is 9.53 Å². The number of hydrogen-bond donors (Lipinski definition) is 2. The van der Waals surface area contributed by atoms with Crippen molar-refractivity contribution in [2.45, 2.75) is 71.1 Å². The molecule has 5 rings (SSSR count). The van der Waals surface area contributed by atoms with Gasteiger partial charge >= 0.3 is 0 Å². The van der Waals surface area contributed by atoms with Gasteiger partial charge in [0.1, 0.15) is 0 Å². The third-order valence-electron chi connectivity index (χ3n) is 8.11. The third kappa shape index (κ3) is 6.74. The summed E-state index contributed by atoms with van der Waals surface area (Å²) in [5, 5.41) is 24.2. The van der Waals surface area contributed by atoms with E-state index in [0.717, 1.165) is 50.3 Å². The SMILES string of the molecule is CC(C)[C@@H]1CC[C@@H](C)C[C@@H]1N1CCO[C@H](CC(=O)Nc2nnc(N[C@@H]3CCN(c4cccnn4)C3)s2)C1. The molecule has 2 aliphatic heterocycles. The van der Waals surface area contributed by atoms with Crippen LogP contribution in [0, 0.1) is 17.8 Å². The highest BCUT2D eigenvalue weighted by Gasteiger charge is 2.37. The van der Waals surface area contributed by atoms with Crippen molar-refractivity contribution in [3.63, 3.8) is 0 Å². The number of ether oxygens (including phenoxy) is 1. The highest BCUT2D eigenvalue weighted by atomic mass is 32.1. The minimum atomic E-state index is -0.0881. The number of aromatic nitrogens is 4.